The third-order valence-corrected chi connectivity index (χ3v) is 21.6. The topological polar surface area (TPSA) is 331 Å². The van der Waals surface area contributed by atoms with E-state index in [-0.39, 0.29) is 23.7 Å². The molecule has 0 aromatic carbocycles. The predicted octanol–water partition coefficient (Wildman–Crippen LogP) is 1.59. The molecule has 3 saturated heterocycles. The second-order valence-electron chi connectivity index (χ2n) is 26.4. The largest absolute Gasteiger partial charge is 0.454 e. The minimum atomic E-state index is -1.91. The van der Waals surface area contributed by atoms with E-state index >= 15 is 0 Å². The van der Waals surface area contributed by atoms with Crippen molar-refractivity contribution in [1.29, 1.82) is 0 Å². The predicted molar refractivity (Wildman–Crippen MR) is 279 cm³/mol. The highest BCUT2D eigenvalue weighted by Gasteiger charge is 2.74. The number of rotatable bonds is 13. The van der Waals surface area contributed by atoms with E-state index in [0.717, 1.165) is 18.4 Å². The van der Waals surface area contributed by atoms with Gasteiger partial charge in [-0.3, -0.25) is 0 Å². The fraction of sp³-hybridized carbons (Fsp3) is 0.862. The SMILES string of the molecule is C/C=C(\C)C(=O)O[C@H]1[C@H](OC(=O)/C(C)=C/C)[C@@]2(CO)C(CC1(C)C)C1=CCC3[C@@]4(C)CC[C@H](O[C@@H]5O[C@H](CO)[C@@H](O)[C@H](O[C@@H]6O[C@@H](C)[C@H](O)[C@@H](O)[C@H]6O)[C@H]5O[C@@H]5O[C@H](CO)[C@H](O)[C@H](O)[C@H]5O)C(C)(C)C4CC[C@@]3(C)[C@]1(C)C[C@H]2O. The highest BCUT2D eigenvalue weighted by molar-refractivity contribution is 5.88. The van der Waals surface area contributed by atoms with Gasteiger partial charge >= 0.3 is 11.9 Å². The van der Waals surface area contributed by atoms with Crippen molar-refractivity contribution in [3.63, 3.8) is 0 Å². The van der Waals surface area contributed by atoms with E-state index in [4.69, 9.17) is 37.9 Å². The number of fused-ring (bicyclic) bond motifs is 7. The van der Waals surface area contributed by atoms with E-state index in [1.807, 2.05) is 13.8 Å². The molecule has 0 amide bonds. The van der Waals surface area contributed by atoms with Gasteiger partial charge in [-0.15, -0.1) is 0 Å². The maximum absolute atomic E-state index is 13.8. The van der Waals surface area contributed by atoms with Crippen LogP contribution in [0.5, 0.6) is 0 Å². The van der Waals surface area contributed by atoms with Crippen molar-refractivity contribution in [2.24, 2.45) is 50.2 Å². The van der Waals surface area contributed by atoms with Gasteiger partial charge in [0.25, 0.3) is 0 Å². The summed E-state index contributed by atoms with van der Waals surface area (Å²) in [6, 6.07) is 0. The quantitative estimate of drug-likeness (QED) is 0.0540. The van der Waals surface area contributed by atoms with Gasteiger partial charge in [0.15, 0.2) is 25.0 Å². The molecule has 3 heterocycles. The fourth-order valence-corrected chi connectivity index (χ4v) is 16.3. The number of aliphatic hydroxyl groups excluding tert-OH is 11. The molecule has 7 fully saturated rings. The van der Waals surface area contributed by atoms with Crippen molar-refractivity contribution in [3.8, 4) is 0 Å². The molecule has 21 heteroatoms. The summed E-state index contributed by atoms with van der Waals surface area (Å²) >= 11 is 0. The zero-order valence-corrected chi connectivity index (χ0v) is 48.0. The van der Waals surface area contributed by atoms with Gasteiger partial charge in [-0.05, 0) is 119 Å². The summed E-state index contributed by atoms with van der Waals surface area (Å²) in [6.07, 6.45) is -18.9. The Balaban J connectivity index is 1.12. The number of hydrogen-bond donors (Lipinski definition) is 11. The van der Waals surface area contributed by atoms with Crippen molar-refractivity contribution in [2.45, 2.75) is 245 Å². The molecule has 26 atom stereocenters. The maximum Gasteiger partial charge on any atom is 0.333 e. The van der Waals surface area contributed by atoms with Crippen LogP contribution in [0.25, 0.3) is 0 Å². The normalized spacial score (nSPS) is 49.7. The van der Waals surface area contributed by atoms with E-state index < -0.39 is 181 Å². The molecule has 3 aliphatic heterocycles. The summed E-state index contributed by atoms with van der Waals surface area (Å²) < 4.78 is 50.2. The van der Waals surface area contributed by atoms with Crippen molar-refractivity contribution < 1.29 is 104 Å². The monoisotopic (exact) mass is 1120 g/mol. The van der Waals surface area contributed by atoms with Gasteiger partial charge in [-0.1, -0.05) is 72.3 Å². The molecule has 450 valence electrons. The number of allylic oxidation sites excluding steroid dienone is 4. The lowest BCUT2D eigenvalue weighted by Crippen LogP contribution is -2.72. The molecule has 0 radical (unpaired) electrons. The minimum absolute atomic E-state index is 0.00336. The van der Waals surface area contributed by atoms with Crippen LogP contribution in [0.4, 0.5) is 0 Å². The number of esters is 2. The van der Waals surface area contributed by atoms with Gasteiger partial charge in [0.2, 0.25) is 0 Å². The standard InChI is InChI=1S/C58H92O21/c1-13-26(3)48(70)78-46-47(79-49(71)27(4)14-2)58(25-61)30(21-53(46,6)7)29-15-16-34-55(10)19-18-36(54(8,9)33(55)17-20-56(34,11)57(29,12)22-35(58)62)75-52-45(77-51-43(69)41(67)38(64)31(23-59)73-51)44(39(65)32(24-60)74-52)76-50-42(68)40(66)37(63)28(5)72-50/h13-15,28,30-47,50-52,59-69H,16-25H2,1-12H3/b26-13+,27-14+/t28-,30?,31+,32+,33?,34?,35+,36-,37-,38-,39+,40+,41-,42+,43+,44-,45+,46-,47-,50-,51-,52-,55-,56+,57+,58-/m0/s1. The zero-order chi connectivity index (χ0) is 58.4. The van der Waals surface area contributed by atoms with Crippen LogP contribution in [0, 0.1) is 50.2 Å². The summed E-state index contributed by atoms with van der Waals surface area (Å²) in [5.74, 6) is -1.60. The highest BCUT2D eigenvalue weighted by atomic mass is 16.8. The molecule has 0 spiro atoms. The summed E-state index contributed by atoms with van der Waals surface area (Å²) in [4.78, 5) is 27.4. The number of carbonyl (C=O) groups excluding carboxylic acids is 2. The van der Waals surface area contributed by atoms with E-state index in [9.17, 15) is 65.8 Å². The Morgan fingerprint density at radius 2 is 1.18 bits per heavy atom. The molecule has 4 saturated carbocycles. The summed E-state index contributed by atoms with van der Waals surface area (Å²) in [5.41, 5.74) is -2.40. The molecule has 8 rings (SSSR count). The lowest BCUT2D eigenvalue weighted by atomic mass is 9.33. The highest BCUT2D eigenvalue weighted by Crippen LogP contribution is 2.76. The van der Waals surface area contributed by atoms with Crippen LogP contribution in [0.15, 0.2) is 34.9 Å². The van der Waals surface area contributed by atoms with E-state index in [0.29, 0.717) is 36.8 Å². The van der Waals surface area contributed by atoms with E-state index in [2.05, 4.69) is 40.7 Å². The van der Waals surface area contributed by atoms with Crippen LogP contribution in [-0.2, 0) is 47.5 Å². The number of carbonyl (C=O) groups is 2. The van der Waals surface area contributed by atoms with Gasteiger partial charge < -0.3 is 94.1 Å². The lowest BCUT2D eigenvalue weighted by molar-refractivity contribution is -0.398. The lowest BCUT2D eigenvalue weighted by Gasteiger charge is -2.72. The average Bonchev–Trinajstić information content (AvgIpc) is 3.24. The second kappa shape index (κ2) is 22.8. The van der Waals surface area contributed by atoms with Crippen LogP contribution in [0.3, 0.4) is 0 Å². The Hall–Kier alpha value is -2.52. The maximum atomic E-state index is 13.8. The molecule has 11 N–H and O–H groups in total. The van der Waals surface area contributed by atoms with Gasteiger partial charge in [0, 0.05) is 16.6 Å². The molecule has 5 aliphatic carbocycles. The summed E-state index contributed by atoms with van der Waals surface area (Å²) in [5, 5.41) is 122. The molecule has 0 bridgehead atoms. The third kappa shape index (κ3) is 10.1. The number of aliphatic hydroxyl groups is 11. The zero-order valence-electron chi connectivity index (χ0n) is 48.0. The molecule has 79 heavy (non-hydrogen) atoms. The molecule has 3 unspecified atom stereocenters. The van der Waals surface area contributed by atoms with Gasteiger partial charge in [0.1, 0.15) is 73.2 Å². The number of ether oxygens (including phenoxy) is 8. The summed E-state index contributed by atoms with van der Waals surface area (Å²) in [6.45, 7) is 21.2. The smallest absolute Gasteiger partial charge is 0.333 e. The van der Waals surface area contributed by atoms with Crippen LogP contribution in [0.1, 0.15) is 128 Å². The summed E-state index contributed by atoms with van der Waals surface area (Å²) in [7, 11) is 0. The van der Waals surface area contributed by atoms with Crippen molar-refractivity contribution >= 4 is 11.9 Å². The van der Waals surface area contributed by atoms with Crippen LogP contribution < -0.4 is 0 Å². The Morgan fingerprint density at radius 3 is 1.76 bits per heavy atom. The molecule has 0 aromatic heterocycles. The van der Waals surface area contributed by atoms with Crippen LogP contribution in [0.2, 0.25) is 0 Å². The first-order valence-corrected chi connectivity index (χ1v) is 28.5. The first-order chi connectivity index (χ1) is 36.9. The van der Waals surface area contributed by atoms with Crippen molar-refractivity contribution in [2.75, 3.05) is 19.8 Å². The van der Waals surface area contributed by atoms with E-state index in [1.165, 1.54) is 6.92 Å². The second-order valence-corrected chi connectivity index (χ2v) is 26.4. The Bertz CT molecular complexity index is 2300. The Morgan fingerprint density at radius 1 is 0.633 bits per heavy atom. The first-order valence-electron chi connectivity index (χ1n) is 28.5. The average molecular weight is 1130 g/mol. The Labute approximate surface area is 463 Å². The van der Waals surface area contributed by atoms with Crippen molar-refractivity contribution in [1.82, 2.24) is 0 Å². The third-order valence-electron chi connectivity index (χ3n) is 21.6. The number of hydrogen-bond acceptors (Lipinski definition) is 21. The van der Waals surface area contributed by atoms with Crippen LogP contribution in [-0.4, -0.2) is 204 Å². The van der Waals surface area contributed by atoms with Gasteiger partial charge in [-0.25, -0.2) is 9.59 Å². The molecular weight excluding hydrogens is 1030 g/mol. The molecular formula is C58H92O21. The Kier molecular flexibility index (Phi) is 18.1. The van der Waals surface area contributed by atoms with Crippen LogP contribution >= 0.6 is 0 Å². The van der Waals surface area contributed by atoms with Crippen molar-refractivity contribution in [3.05, 3.63) is 34.9 Å². The van der Waals surface area contributed by atoms with Gasteiger partial charge in [-0.2, -0.15) is 0 Å². The van der Waals surface area contributed by atoms with Gasteiger partial charge in [0.05, 0.1) is 43.5 Å². The van der Waals surface area contributed by atoms with E-state index in [1.54, 1.807) is 39.8 Å². The minimum Gasteiger partial charge on any atom is -0.454 e. The molecule has 0 aromatic rings. The first kappa shape index (κ1) is 62.5. The molecule has 8 aliphatic rings. The molecule has 21 nitrogen and oxygen atoms in total. The fourth-order valence-electron chi connectivity index (χ4n) is 16.3.